The van der Waals surface area contributed by atoms with Crippen molar-refractivity contribution in [2.75, 3.05) is 6.54 Å². The van der Waals surface area contributed by atoms with Gasteiger partial charge in [0.05, 0.1) is 10.5 Å². The van der Waals surface area contributed by atoms with Crippen LogP contribution in [0.1, 0.15) is 12.0 Å². The average molecular weight is 296 g/mol. The Morgan fingerprint density at radius 2 is 1.84 bits per heavy atom. The fourth-order valence-corrected chi connectivity index (χ4v) is 2.56. The molecule has 0 heterocycles. The molecule has 1 rings (SSSR count). The van der Waals surface area contributed by atoms with Gasteiger partial charge in [-0.3, -0.25) is 0 Å². The van der Waals surface area contributed by atoms with Crippen molar-refractivity contribution in [2.24, 2.45) is 0 Å². The highest BCUT2D eigenvalue weighted by atomic mass is 32.2. The monoisotopic (exact) mass is 296 g/mol. The second kappa shape index (κ2) is 5.57. The number of carboxylic acids is 1. The van der Waals surface area contributed by atoms with Crippen LogP contribution in [-0.4, -0.2) is 20.9 Å². The van der Waals surface area contributed by atoms with Crippen molar-refractivity contribution in [3.05, 3.63) is 29.8 Å². The number of sulfonamides is 1. The lowest BCUT2D eigenvalue weighted by Gasteiger charge is -2.13. The fourth-order valence-electron chi connectivity index (χ4n) is 1.30. The summed E-state index contributed by atoms with van der Waals surface area (Å²) in [4.78, 5) is 9.18. The molecule has 1 aromatic carbocycles. The summed E-state index contributed by atoms with van der Waals surface area (Å²) in [5.74, 6) is -1.51. The Labute approximate surface area is 107 Å². The van der Waals surface area contributed by atoms with Gasteiger partial charge in [-0.15, -0.1) is 0 Å². The molecule has 0 aliphatic heterocycles. The third kappa shape index (κ3) is 4.21. The zero-order valence-electron chi connectivity index (χ0n) is 9.40. The predicted molar refractivity (Wildman–Crippen MR) is 56.3 cm³/mol. The Hall–Kier alpha value is -1.61. The van der Waals surface area contributed by atoms with Crippen molar-refractivity contribution in [2.45, 2.75) is 17.5 Å². The van der Waals surface area contributed by atoms with Gasteiger partial charge in [0.25, 0.3) is 0 Å². The number of alkyl halides is 3. The van der Waals surface area contributed by atoms with E-state index in [1.165, 1.54) is 0 Å². The van der Waals surface area contributed by atoms with Gasteiger partial charge < -0.3 is 9.90 Å². The lowest BCUT2D eigenvalue weighted by Crippen LogP contribution is -2.32. The highest BCUT2D eigenvalue weighted by Gasteiger charge is 2.36. The van der Waals surface area contributed by atoms with E-state index in [0.717, 1.165) is 18.2 Å². The first-order chi connectivity index (χ1) is 8.64. The van der Waals surface area contributed by atoms with E-state index in [0.29, 0.717) is 6.07 Å². The van der Waals surface area contributed by atoms with Crippen molar-refractivity contribution >= 4 is 16.0 Å². The van der Waals surface area contributed by atoms with E-state index in [2.05, 4.69) is 0 Å². The molecule has 0 aliphatic rings. The molecule has 0 saturated heterocycles. The SMILES string of the molecule is O=C([O-])CCNS(=O)(=O)c1ccccc1C(F)(F)F. The van der Waals surface area contributed by atoms with Crippen molar-refractivity contribution in [3.63, 3.8) is 0 Å². The van der Waals surface area contributed by atoms with Crippen LogP contribution >= 0.6 is 0 Å². The number of hydrogen-bond donors (Lipinski definition) is 1. The Morgan fingerprint density at radius 1 is 1.26 bits per heavy atom. The quantitative estimate of drug-likeness (QED) is 0.836. The maximum absolute atomic E-state index is 12.6. The first-order valence-corrected chi connectivity index (χ1v) is 6.48. The number of carboxylic acid groups (broad SMARTS) is 1. The van der Waals surface area contributed by atoms with Crippen molar-refractivity contribution in [1.82, 2.24) is 4.72 Å². The van der Waals surface area contributed by atoms with Crippen LogP contribution in [0.15, 0.2) is 29.2 Å². The van der Waals surface area contributed by atoms with Gasteiger partial charge in [0.15, 0.2) is 0 Å². The molecule has 0 unspecified atom stereocenters. The van der Waals surface area contributed by atoms with E-state index < -0.39 is 45.6 Å². The number of nitrogens with one attached hydrogen (secondary N) is 1. The molecule has 9 heteroatoms. The van der Waals surface area contributed by atoms with Crippen LogP contribution in [0.2, 0.25) is 0 Å². The van der Waals surface area contributed by atoms with Crippen LogP contribution in [0.5, 0.6) is 0 Å². The fraction of sp³-hybridized carbons (Fsp3) is 0.300. The minimum Gasteiger partial charge on any atom is -0.550 e. The van der Waals surface area contributed by atoms with Gasteiger partial charge in [0, 0.05) is 18.9 Å². The molecule has 19 heavy (non-hydrogen) atoms. The summed E-state index contributed by atoms with van der Waals surface area (Å²) in [6.07, 6.45) is -5.45. The summed E-state index contributed by atoms with van der Waals surface area (Å²) in [5, 5.41) is 10.1. The maximum atomic E-state index is 12.6. The lowest BCUT2D eigenvalue weighted by atomic mass is 10.2. The second-order valence-electron chi connectivity index (χ2n) is 3.51. The zero-order valence-corrected chi connectivity index (χ0v) is 10.2. The molecule has 0 aromatic heterocycles. The predicted octanol–water partition coefficient (Wildman–Crippen LogP) is 0.124. The third-order valence-electron chi connectivity index (χ3n) is 2.10. The smallest absolute Gasteiger partial charge is 0.417 e. The molecule has 0 amide bonds. The number of halogens is 3. The summed E-state index contributed by atoms with van der Waals surface area (Å²) in [6.45, 7) is -0.545. The molecule has 0 fully saturated rings. The summed E-state index contributed by atoms with van der Waals surface area (Å²) in [5.41, 5.74) is -1.31. The Balaban J connectivity index is 3.05. The van der Waals surface area contributed by atoms with E-state index in [9.17, 15) is 31.5 Å². The molecule has 0 bridgehead atoms. The topological polar surface area (TPSA) is 86.3 Å². The number of benzene rings is 1. The van der Waals surface area contributed by atoms with Gasteiger partial charge >= 0.3 is 6.18 Å². The number of aliphatic carboxylic acids is 1. The molecule has 0 atom stereocenters. The minimum atomic E-state index is -4.82. The van der Waals surface area contributed by atoms with Crippen LogP contribution in [0.25, 0.3) is 0 Å². The molecule has 106 valence electrons. The summed E-state index contributed by atoms with van der Waals surface area (Å²) < 4.78 is 63.0. The van der Waals surface area contributed by atoms with Crippen LogP contribution in [0.4, 0.5) is 13.2 Å². The standard InChI is InChI=1S/C10H10F3NO4S/c11-10(12,13)7-3-1-2-4-8(7)19(17,18)14-6-5-9(15)16/h1-4,14H,5-6H2,(H,15,16)/p-1. The van der Waals surface area contributed by atoms with E-state index >= 15 is 0 Å². The van der Waals surface area contributed by atoms with Crippen molar-refractivity contribution < 1.29 is 31.5 Å². The van der Waals surface area contributed by atoms with Gasteiger partial charge in [0.1, 0.15) is 0 Å². The Morgan fingerprint density at radius 3 is 2.37 bits per heavy atom. The van der Waals surface area contributed by atoms with Crippen molar-refractivity contribution in [1.29, 1.82) is 0 Å². The summed E-state index contributed by atoms with van der Waals surface area (Å²) >= 11 is 0. The normalized spacial score (nSPS) is 12.4. The van der Waals surface area contributed by atoms with Gasteiger partial charge in [-0.2, -0.15) is 13.2 Å². The molecule has 1 aromatic rings. The molecular weight excluding hydrogens is 287 g/mol. The molecule has 5 nitrogen and oxygen atoms in total. The van der Waals surface area contributed by atoms with Gasteiger partial charge in [-0.1, -0.05) is 12.1 Å². The second-order valence-corrected chi connectivity index (χ2v) is 5.25. The van der Waals surface area contributed by atoms with Crippen LogP contribution in [0, 0.1) is 0 Å². The van der Waals surface area contributed by atoms with E-state index in [-0.39, 0.29) is 0 Å². The first-order valence-electron chi connectivity index (χ1n) is 5.00. The molecule has 0 saturated carbocycles. The van der Waals surface area contributed by atoms with Gasteiger partial charge in [-0.05, 0) is 12.1 Å². The highest BCUT2D eigenvalue weighted by Crippen LogP contribution is 2.33. The number of hydrogen-bond acceptors (Lipinski definition) is 4. The molecule has 0 spiro atoms. The first kappa shape index (κ1) is 15.4. The Kier molecular flexibility index (Phi) is 4.53. The van der Waals surface area contributed by atoms with E-state index in [1.807, 2.05) is 0 Å². The van der Waals surface area contributed by atoms with E-state index in [1.54, 1.807) is 4.72 Å². The number of carbonyl (C=O) groups excluding carboxylic acids is 1. The zero-order chi connectivity index (χ0) is 14.7. The third-order valence-corrected chi connectivity index (χ3v) is 3.62. The largest absolute Gasteiger partial charge is 0.550 e. The summed E-state index contributed by atoms with van der Waals surface area (Å²) in [6, 6.07) is 3.63. The van der Waals surface area contributed by atoms with E-state index in [4.69, 9.17) is 0 Å². The average Bonchev–Trinajstić information content (AvgIpc) is 2.27. The van der Waals surface area contributed by atoms with Crippen LogP contribution in [-0.2, 0) is 21.0 Å². The van der Waals surface area contributed by atoms with Gasteiger partial charge in [0.2, 0.25) is 10.0 Å². The van der Waals surface area contributed by atoms with Crippen LogP contribution in [0.3, 0.4) is 0 Å². The minimum absolute atomic E-state index is 0.545. The maximum Gasteiger partial charge on any atom is 0.417 e. The molecule has 1 N–H and O–H groups in total. The lowest BCUT2D eigenvalue weighted by molar-refractivity contribution is -0.305. The van der Waals surface area contributed by atoms with Gasteiger partial charge in [-0.25, -0.2) is 13.1 Å². The molecule has 0 radical (unpaired) electrons. The highest BCUT2D eigenvalue weighted by molar-refractivity contribution is 7.89. The summed E-state index contributed by atoms with van der Waals surface area (Å²) in [7, 11) is -4.43. The van der Waals surface area contributed by atoms with Crippen molar-refractivity contribution in [3.8, 4) is 0 Å². The number of carbonyl (C=O) groups is 1. The Bertz CT molecular complexity index is 568. The number of rotatable bonds is 5. The molecular formula is C10H9F3NO4S-. The molecule has 0 aliphatic carbocycles. The van der Waals surface area contributed by atoms with Crippen LogP contribution < -0.4 is 9.83 Å².